The smallest absolute Gasteiger partial charge is 0.254 e. The fraction of sp³-hybridized carbons (Fsp3) is 0.395. The molecule has 5 N–H and O–H groups in total. The second-order valence-corrected chi connectivity index (χ2v) is 13.3. The zero-order valence-corrected chi connectivity index (χ0v) is 28.0. The minimum absolute atomic E-state index is 0.129. The van der Waals surface area contributed by atoms with E-state index in [0.29, 0.717) is 41.7 Å². The maximum Gasteiger partial charge on any atom is 0.254 e. The minimum atomic E-state index is -0.503. The fourth-order valence-corrected chi connectivity index (χ4v) is 7.50. The van der Waals surface area contributed by atoms with Crippen molar-refractivity contribution in [1.82, 2.24) is 19.6 Å². The average Bonchev–Trinajstić information content (AvgIpc) is 3.55. The zero-order valence-electron chi connectivity index (χ0n) is 28.0. The molecule has 4 aromatic rings. The van der Waals surface area contributed by atoms with Crippen LogP contribution in [-0.4, -0.2) is 83.8 Å². The molecule has 0 radical (unpaired) electrons. The lowest BCUT2D eigenvalue weighted by molar-refractivity contribution is -0.133. The molecular weight excluding hydrogens is 616 g/mol. The normalized spacial score (nSPS) is 18.5. The molecule has 256 valence electrons. The molecule has 3 aliphatic rings. The molecule has 0 spiro atoms. The Hall–Kier alpha value is -4.87. The molecule has 3 aliphatic heterocycles. The van der Waals surface area contributed by atoms with Gasteiger partial charge in [0.05, 0.1) is 6.04 Å². The maximum atomic E-state index is 13.3. The SMILES string of the molecule is NCc1ccc(N2CCN(CCC(=O)N3CCC(C4CCNc5c(C(N)=O)c(-c6ccc(Oc7ccccc7)cc6)nn54)CC3)CC2)cc1. The summed E-state index contributed by atoms with van der Waals surface area (Å²) in [5, 5.41) is 8.40. The van der Waals surface area contributed by atoms with Crippen LogP contribution in [0.5, 0.6) is 11.5 Å². The summed E-state index contributed by atoms with van der Waals surface area (Å²) in [4.78, 5) is 32.9. The summed E-state index contributed by atoms with van der Waals surface area (Å²) in [6.07, 6.45) is 3.26. The number of amides is 2. The maximum absolute atomic E-state index is 13.3. The fourth-order valence-electron chi connectivity index (χ4n) is 7.50. The van der Waals surface area contributed by atoms with Crippen molar-refractivity contribution in [3.8, 4) is 22.8 Å². The van der Waals surface area contributed by atoms with E-state index in [9.17, 15) is 9.59 Å². The van der Waals surface area contributed by atoms with Gasteiger partial charge in [0.2, 0.25) is 5.91 Å². The third-order valence-electron chi connectivity index (χ3n) is 10.3. The lowest BCUT2D eigenvalue weighted by Crippen LogP contribution is -2.48. The summed E-state index contributed by atoms with van der Waals surface area (Å²) in [7, 11) is 0. The van der Waals surface area contributed by atoms with Crippen LogP contribution in [0.2, 0.25) is 0 Å². The van der Waals surface area contributed by atoms with E-state index in [1.165, 1.54) is 5.69 Å². The van der Waals surface area contributed by atoms with E-state index < -0.39 is 5.91 Å². The van der Waals surface area contributed by atoms with Crippen molar-refractivity contribution >= 4 is 23.3 Å². The van der Waals surface area contributed by atoms with Gasteiger partial charge in [-0.2, -0.15) is 5.10 Å². The van der Waals surface area contributed by atoms with E-state index in [1.54, 1.807) is 0 Å². The van der Waals surface area contributed by atoms with Gasteiger partial charge in [0.1, 0.15) is 28.6 Å². The molecule has 11 nitrogen and oxygen atoms in total. The Morgan fingerprint density at radius 2 is 1.53 bits per heavy atom. The molecule has 1 atom stereocenters. The topological polar surface area (TPSA) is 135 Å². The van der Waals surface area contributed by atoms with Crippen molar-refractivity contribution in [1.29, 1.82) is 0 Å². The number of aromatic nitrogens is 2. The zero-order chi connectivity index (χ0) is 33.7. The first-order valence-electron chi connectivity index (χ1n) is 17.5. The highest BCUT2D eigenvalue weighted by molar-refractivity contribution is 6.03. The van der Waals surface area contributed by atoms with Gasteiger partial charge in [-0.05, 0) is 79.3 Å². The number of nitrogens with two attached hydrogens (primary N) is 2. The van der Waals surface area contributed by atoms with Crippen molar-refractivity contribution in [2.24, 2.45) is 17.4 Å². The molecule has 11 heteroatoms. The second kappa shape index (κ2) is 14.7. The number of para-hydroxylation sites is 1. The van der Waals surface area contributed by atoms with E-state index in [1.807, 2.05) is 64.2 Å². The number of likely N-dealkylation sites (tertiary alicyclic amines) is 1. The van der Waals surface area contributed by atoms with Gasteiger partial charge >= 0.3 is 0 Å². The van der Waals surface area contributed by atoms with Gasteiger partial charge in [0.15, 0.2) is 0 Å². The van der Waals surface area contributed by atoms with Gasteiger partial charge in [-0.1, -0.05) is 30.3 Å². The summed E-state index contributed by atoms with van der Waals surface area (Å²) in [6, 6.07) is 25.8. The number of rotatable bonds is 10. The lowest BCUT2D eigenvalue weighted by atomic mass is 9.86. The molecule has 7 rings (SSSR count). The second-order valence-electron chi connectivity index (χ2n) is 13.3. The van der Waals surface area contributed by atoms with Crippen LogP contribution < -0.4 is 26.4 Å². The number of piperazine rings is 1. The molecule has 2 saturated heterocycles. The Labute approximate surface area is 287 Å². The van der Waals surface area contributed by atoms with Gasteiger partial charge < -0.3 is 31.3 Å². The number of piperidine rings is 1. The average molecular weight is 663 g/mol. The Balaban J connectivity index is 0.937. The Morgan fingerprint density at radius 3 is 2.20 bits per heavy atom. The van der Waals surface area contributed by atoms with Gasteiger partial charge in [-0.25, -0.2) is 4.68 Å². The highest BCUT2D eigenvalue weighted by atomic mass is 16.5. The van der Waals surface area contributed by atoms with Crippen LogP contribution in [0.3, 0.4) is 0 Å². The third kappa shape index (κ3) is 7.28. The first-order chi connectivity index (χ1) is 24.0. The number of ether oxygens (including phenoxy) is 1. The van der Waals surface area contributed by atoms with Gasteiger partial charge in [0, 0.05) is 76.6 Å². The number of carbonyl (C=O) groups excluding carboxylic acids is 2. The number of nitrogens with zero attached hydrogens (tertiary/aromatic N) is 5. The van der Waals surface area contributed by atoms with Crippen molar-refractivity contribution < 1.29 is 14.3 Å². The molecule has 1 unspecified atom stereocenters. The molecule has 49 heavy (non-hydrogen) atoms. The number of hydrogen-bond acceptors (Lipinski definition) is 8. The van der Waals surface area contributed by atoms with E-state index in [2.05, 4.69) is 39.4 Å². The number of nitrogens with one attached hydrogen (secondary N) is 1. The minimum Gasteiger partial charge on any atom is -0.457 e. The van der Waals surface area contributed by atoms with Crippen molar-refractivity contribution in [3.63, 3.8) is 0 Å². The largest absolute Gasteiger partial charge is 0.457 e. The molecular formula is C38H46N8O3. The van der Waals surface area contributed by atoms with Crippen molar-refractivity contribution in [2.45, 2.75) is 38.3 Å². The van der Waals surface area contributed by atoms with Crippen molar-refractivity contribution in [3.05, 3.63) is 90.0 Å². The highest BCUT2D eigenvalue weighted by Crippen LogP contribution is 2.40. The first kappa shape index (κ1) is 32.7. The van der Waals surface area contributed by atoms with Crippen LogP contribution in [0.15, 0.2) is 78.9 Å². The Bertz CT molecular complexity index is 1730. The van der Waals surface area contributed by atoms with Crippen LogP contribution in [0.1, 0.15) is 47.6 Å². The van der Waals surface area contributed by atoms with Crippen LogP contribution >= 0.6 is 0 Å². The van der Waals surface area contributed by atoms with Crippen LogP contribution in [0, 0.1) is 5.92 Å². The van der Waals surface area contributed by atoms with Crippen molar-refractivity contribution in [2.75, 3.05) is 62.6 Å². The van der Waals surface area contributed by atoms with E-state index in [0.717, 1.165) is 88.5 Å². The highest BCUT2D eigenvalue weighted by Gasteiger charge is 2.36. The van der Waals surface area contributed by atoms with E-state index >= 15 is 0 Å². The standard InChI is InChI=1S/C38H46N8O3/c39-26-27-6-10-30(11-7-27)44-24-22-43(23-25-44)19-17-34(47)45-20-15-28(16-21-45)33-14-18-41-38-35(37(40)48)36(42-46(33)38)29-8-12-32(13-9-29)49-31-4-2-1-3-5-31/h1-13,28,33,41H,14-26,39H2,(H2,40,48). The van der Waals surface area contributed by atoms with Gasteiger partial charge in [0.25, 0.3) is 5.91 Å². The summed E-state index contributed by atoms with van der Waals surface area (Å²) >= 11 is 0. The summed E-state index contributed by atoms with van der Waals surface area (Å²) in [5.41, 5.74) is 15.9. The number of hydrogen-bond donors (Lipinski definition) is 3. The number of fused-ring (bicyclic) bond motifs is 1. The Kier molecular flexibility index (Phi) is 9.81. The third-order valence-corrected chi connectivity index (χ3v) is 10.3. The van der Waals surface area contributed by atoms with Gasteiger partial charge in [-0.15, -0.1) is 0 Å². The summed E-state index contributed by atoms with van der Waals surface area (Å²) in [6.45, 7) is 7.41. The molecule has 1 aromatic heterocycles. The van der Waals surface area contributed by atoms with E-state index in [-0.39, 0.29) is 11.9 Å². The van der Waals surface area contributed by atoms with Crippen LogP contribution in [-0.2, 0) is 11.3 Å². The van der Waals surface area contributed by atoms with Gasteiger partial charge in [-0.3, -0.25) is 14.5 Å². The summed E-state index contributed by atoms with van der Waals surface area (Å²) < 4.78 is 7.94. The molecule has 0 bridgehead atoms. The molecule has 3 aromatic carbocycles. The molecule has 4 heterocycles. The van der Waals surface area contributed by atoms with Crippen LogP contribution in [0.4, 0.5) is 11.5 Å². The Morgan fingerprint density at radius 1 is 0.837 bits per heavy atom. The molecule has 0 saturated carbocycles. The first-order valence-corrected chi connectivity index (χ1v) is 17.5. The predicted molar refractivity (Wildman–Crippen MR) is 192 cm³/mol. The number of anilines is 2. The molecule has 2 amide bonds. The predicted octanol–water partition coefficient (Wildman–Crippen LogP) is 4.71. The number of carbonyl (C=O) groups is 2. The monoisotopic (exact) mass is 662 g/mol. The van der Waals surface area contributed by atoms with E-state index in [4.69, 9.17) is 21.3 Å². The lowest BCUT2D eigenvalue weighted by Gasteiger charge is -2.39. The number of primary amides is 1. The summed E-state index contributed by atoms with van der Waals surface area (Å²) in [5.74, 6) is 2.23. The quantitative estimate of drug-likeness (QED) is 0.222. The number of benzene rings is 3. The van der Waals surface area contributed by atoms with Crippen LogP contribution in [0.25, 0.3) is 11.3 Å². The molecule has 0 aliphatic carbocycles. The molecule has 2 fully saturated rings.